The highest BCUT2D eigenvalue weighted by Gasteiger charge is 2.09. The molecule has 0 amide bonds. The van der Waals surface area contributed by atoms with E-state index in [1.807, 2.05) is 30.4 Å². The Morgan fingerprint density at radius 1 is 1.44 bits per heavy atom. The van der Waals surface area contributed by atoms with Gasteiger partial charge in [0.05, 0.1) is 29.1 Å². The van der Waals surface area contributed by atoms with E-state index in [4.69, 9.17) is 4.74 Å². The maximum Gasteiger partial charge on any atom is 0.144 e. The number of H-pyrrole nitrogens is 1. The lowest BCUT2D eigenvalue weighted by Gasteiger charge is -1.96. The first kappa shape index (κ1) is 11.0. The summed E-state index contributed by atoms with van der Waals surface area (Å²) in [5, 5.41) is 2.06. The molecule has 3 heterocycles. The molecule has 0 radical (unpaired) electrons. The number of aromatic amines is 1. The molecule has 0 aliphatic carbocycles. The maximum atomic E-state index is 5.39. The van der Waals surface area contributed by atoms with E-state index in [1.54, 1.807) is 24.7 Å². The van der Waals surface area contributed by atoms with Gasteiger partial charge in [-0.1, -0.05) is 6.07 Å². The molecule has 1 aliphatic heterocycles. The summed E-state index contributed by atoms with van der Waals surface area (Å²) in [6.45, 7) is 0. The van der Waals surface area contributed by atoms with Crippen molar-refractivity contribution in [1.29, 1.82) is 0 Å². The Bertz CT molecular complexity index is 619. The summed E-state index contributed by atoms with van der Waals surface area (Å²) in [5.41, 5.74) is 2.94. The van der Waals surface area contributed by atoms with Crippen molar-refractivity contribution >= 4 is 23.6 Å². The highest BCUT2D eigenvalue weighted by atomic mass is 32.1. The van der Waals surface area contributed by atoms with Crippen LogP contribution in [0.3, 0.4) is 0 Å². The number of allylic oxidation sites excluding steroid dienone is 2. The zero-order valence-electron chi connectivity index (χ0n) is 9.88. The van der Waals surface area contributed by atoms with Crippen LogP contribution in [0.15, 0.2) is 46.4 Å². The zero-order valence-corrected chi connectivity index (χ0v) is 10.7. The average Bonchev–Trinajstić information content (AvgIpc) is 3.10. The maximum absolute atomic E-state index is 5.39. The Morgan fingerprint density at radius 3 is 3.06 bits per heavy atom. The van der Waals surface area contributed by atoms with Crippen molar-refractivity contribution in [3.8, 4) is 16.3 Å². The number of methoxy groups -OCH3 is 1. The molecular weight excluding hydrogens is 244 g/mol. The van der Waals surface area contributed by atoms with Crippen molar-refractivity contribution in [2.75, 3.05) is 7.11 Å². The average molecular weight is 256 g/mol. The Kier molecular flexibility index (Phi) is 2.86. The van der Waals surface area contributed by atoms with Gasteiger partial charge in [-0.05, 0) is 29.7 Å². The number of nitrogens with zero attached hydrogens (tertiary/aromatic N) is 1. The van der Waals surface area contributed by atoms with E-state index in [0.29, 0.717) is 0 Å². The first-order valence-electron chi connectivity index (χ1n) is 5.60. The van der Waals surface area contributed by atoms with Crippen molar-refractivity contribution in [3.63, 3.8) is 0 Å². The number of hydrogen-bond acceptors (Lipinski definition) is 3. The molecule has 1 N–H and O–H groups in total. The van der Waals surface area contributed by atoms with Crippen molar-refractivity contribution in [2.45, 2.75) is 0 Å². The van der Waals surface area contributed by atoms with Crippen LogP contribution in [0.4, 0.5) is 0 Å². The topological polar surface area (TPSA) is 37.4 Å². The summed E-state index contributed by atoms with van der Waals surface area (Å²) in [5.74, 6) is 0.835. The molecule has 18 heavy (non-hydrogen) atoms. The molecule has 0 fully saturated rings. The first-order chi connectivity index (χ1) is 8.86. The molecule has 0 aromatic carbocycles. The van der Waals surface area contributed by atoms with E-state index in [2.05, 4.69) is 21.4 Å². The monoisotopic (exact) mass is 256 g/mol. The predicted molar refractivity (Wildman–Crippen MR) is 76.3 cm³/mol. The fraction of sp³-hybridized carbons (Fsp3) is 0.0714. The van der Waals surface area contributed by atoms with Gasteiger partial charge in [-0.3, -0.25) is 4.99 Å². The summed E-state index contributed by atoms with van der Waals surface area (Å²) in [6, 6.07) is 6.14. The van der Waals surface area contributed by atoms with E-state index in [0.717, 1.165) is 22.8 Å². The van der Waals surface area contributed by atoms with Gasteiger partial charge in [0.1, 0.15) is 5.75 Å². The number of thiophene rings is 1. The Balaban J connectivity index is 2.01. The number of aromatic nitrogens is 1. The second-order valence-corrected chi connectivity index (χ2v) is 4.80. The fourth-order valence-electron chi connectivity index (χ4n) is 1.84. The van der Waals surface area contributed by atoms with Crippen LogP contribution >= 0.6 is 11.3 Å². The summed E-state index contributed by atoms with van der Waals surface area (Å²) in [7, 11) is 1.68. The standard InChI is InChI=1S/C14H12N2OS/c1-17-13-9-12(14-5-3-7-18-14)16-11(13)8-10-4-2-6-15-10/h2-9,16H,1H3/b10-8-. The van der Waals surface area contributed by atoms with Gasteiger partial charge in [0.15, 0.2) is 0 Å². The Morgan fingerprint density at radius 2 is 2.39 bits per heavy atom. The third-order valence-corrected chi connectivity index (χ3v) is 3.59. The molecule has 3 nitrogen and oxygen atoms in total. The molecule has 0 saturated carbocycles. The molecule has 2 aromatic rings. The Hall–Kier alpha value is -2.07. The molecule has 0 saturated heterocycles. The van der Waals surface area contributed by atoms with E-state index in [1.165, 1.54) is 4.88 Å². The molecule has 0 spiro atoms. The third-order valence-electron chi connectivity index (χ3n) is 2.69. The van der Waals surface area contributed by atoms with Crippen LogP contribution in [0.2, 0.25) is 0 Å². The van der Waals surface area contributed by atoms with E-state index in [9.17, 15) is 0 Å². The lowest BCUT2D eigenvalue weighted by atomic mass is 10.3. The Labute approximate surface area is 109 Å². The highest BCUT2D eigenvalue weighted by molar-refractivity contribution is 7.13. The van der Waals surface area contributed by atoms with Gasteiger partial charge in [-0.15, -0.1) is 11.3 Å². The van der Waals surface area contributed by atoms with Gasteiger partial charge in [-0.2, -0.15) is 0 Å². The molecule has 90 valence electrons. The molecule has 0 atom stereocenters. The third kappa shape index (κ3) is 2.02. The smallest absolute Gasteiger partial charge is 0.144 e. The number of hydrogen-bond donors (Lipinski definition) is 1. The molecule has 2 aromatic heterocycles. The van der Waals surface area contributed by atoms with Crippen LogP contribution in [0.1, 0.15) is 5.69 Å². The van der Waals surface area contributed by atoms with Crippen molar-refractivity contribution in [3.05, 3.63) is 47.1 Å². The van der Waals surface area contributed by atoms with Gasteiger partial charge >= 0.3 is 0 Å². The fourth-order valence-corrected chi connectivity index (χ4v) is 2.54. The molecule has 0 bridgehead atoms. The highest BCUT2D eigenvalue weighted by Crippen LogP contribution is 2.31. The van der Waals surface area contributed by atoms with Crippen LogP contribution in [0.5, 0.6) is 5.75 Å². The van der Waals surface area contributed by atoms with Crippen LogP contribution in [-0.2, 0) is 0 Å². The largest absolute Gasteiger partial charge is 0.494 e. The SMILES string of the molecule is COc1cc(-c2cccs2)[nH]c1/C=C1/C=CC=N1. The first-order valence-corrected chi connectivity index (χ1v) is 6.48. The summed E-state index contributed by atoms with van der Waals surface area (Å²) >= 11 is 1.70. The van der Waals surface area contributed by atoms with Gasteiger partial charge in [0, 0.05) is 12.3 Å². The minimum Gasteiger partial charge on any atom is -0.494 e. The van der Waals surface area contributed by atoms with Crippen LogP contribution < -0.4 is 4.74 Å². The van der Waals surface area contributed by atoms with Gasteiger partial charge in [0.2, 0.25) is 0 Å². The van der Waals surface area contributed by atoms with Crippen molar-refractivity contribution in [2.24, 2.45) is 4.99 Å². The van der Waals surface area contributed by atoms with Gasteiger partial charge < -0.3 is 9.72 Å². The van der Waals surface area contributed by atoms with Gasteiger partial charge in [0.25, 0.3) is 0 Å². The van der Waals surface area contributed by atoms with Crippen LogP contribution in [0.25, 0.3) is 16.6 Å². The molecular formula is C14H12N2OS. The minimum absolute atomic E-state index is 0.835. The second-order valence-electron chi connectivity index (χ2n) is 3.85. The van der Waals surface area contributed by atoms with E-state index in [-0.39, 0.29) is 0 Å². The van der Waals surface area contributed by atoms with Gasteiger partial charge in [-0.25, -0.2) is 0 Å². The van der Waals surface area contributed by atoms with Crippen LogP contribution in [-0.4, -0.2) is 18.3 Å². The molecule has 3 rings (SSSR count). The van der Waals surface area contributed by atoms with E-state index < -0.39 is 0 Å². The van der Waals surface area contributed by atoms with E-state index >= 15 is 0 Å². The number of aliphatic imine (C=N–C) groups is 1. The molecule has 1 aliphatic rings. The number of rotatable bonds is 3. The second kappa shape index (κ2) is 4.66. The summed E-state index contributed by atoms with van der Waals surface area (Å²) in [4.78, 5) is 8.79. The summed E-state index contributed by atoms with van der Waals surface area (Å²) in [6.07, 6.45) is 7.64. The minimum atomic E-state index is 0.835. The lowest BCUT2D eigenvalue weighted by Crippen LogP contribution is -1.83. The van der Waals surface area contributed by atoms with Crippen molar-refractivity contribution < 1.29 is 4.74 Å². The normalized spacial score (nSPS) is 15.7. The zero-order chi connectivity index (χ0) is 12.4. The molecule has 0 unspecified atom stereocenters. The molecule has 4 heteroatoms. The predicted octanol–water partition coefficient (Wildman–Crippen LogP) is 3.73. The van der Waals surface area contributed by atoms with Crippen molar-refractivity contribution in [1.82, 2.24) is 4.98 Å². The van der Waals surface area contributed by atoms with Crippen LogP contribution in [0, 0.1) is 0 Å². The quantitative estimate of drug-likeness (QED) is 0.892. The number of nitrogens with one attached hydrogen (secondary N) is 1. The number of ether oxygens (including phenoxy) is 1. The lowest BCUT2D eigenvalue weighted by molar-refractivity contribution is 0.414. The summed E-state index contributed by atoms with van der Waals surface area (Å²) < 4.78 is 5.39.